The molecule has 168 valence electrons. The minimum absolute atomic E-state index is 0.0851. The molecule has 0 radical (unpaired) electrons. The number of benzene rings is 1. The minimum atomic E-state index is -0.441. The fourth-order valence-electron chi connectivity index (χ4n) is 4.51. The van der Waals surface area contributed by atoms with Crippen LogP contribution in [0.3, 0.4) is 0 Å². The van der Waals surface area contributed by atoms with Crippen molar-refractivity contribution in [2.24, 2.45) is 14.1 Å². The van der Waals surface area contributed by atoms with Gasteiger partial charge in [-0.2, -0.15) is 5.26 Å². The number of furan rings is 1. The number of rotatable bonds is 3. The average molecular weight is 483 g/mol. The largest absolute Gasteiger partial charge is 0.448 e. The molecule has 5 rings (SSSR count). The van der Waals surface area contributed by atoms with Gasteiger partial charge < -0.3 is 14.1 Å². The van der Waals surface area contributed by atoms with Gasteiger partial charge in [-0.3, -0.25) is 13.9 Å². The molecule has 0 saturated carbocycles. The van der Waals surface area contributed by atoms with Crippen LogP contribution in [0, 0.1) is 11.3 Å². The summed E-state index contributed by atoms with van der Waals surface area (Å²) in [5, 5.41) is 19.5. The van der Waals surface area contributed by atoms with Crippen molar-refractivity contribution in [1.29, 1.82) is 5.26 Å². The van der Waals surface area contributed by atoms with Gasteiger partial charge in [0.2, 0.25) is 0 Å². The Balaban J connectivity index is 1.97. The first kappa shape index (κ1) is 21.6. The lowest BCUT2D eigenvalue weighted by atomic mass is 10.1. The predicted octanol–water partition coefficient (Wildman–Crippen LogP) is 3.02. The highest BCUT2D eigenvalue weighted by atomic mass is 35.5. The lowest BCUT2D eigenvalue weighted by Gasteiger charge is -2.30. The van der Waals surface area contributed by atoms with Gasteiger partial charge in [0.1, 0.15) is 11.0 Å². The number of thioether (sulfide) groups is 1. The zero-order valence-corrected chi connectivity index (χ0v) is 19.4. The number of halogens is 1. The average Bonchev–Trinajstić information content (AvgIpc) is 3.42. The number of fused-ring (bicyclic) bond motifs is 3. The monoisotopic (exact) mass is 482 g/mol. The number of aliphatic hydroxyl groups is 1. The fourth-order valence-corrected chi connectivity index (χ4v) is 5.99. The molecule has 33 heavy (non-hydrogen) atoms. The van der Waals surface area contributed by atoms with E-state index in [0.29, 0.717) is 40.0 Å². The van der Waals surface area contributed by atoms with Crippen LogP contribution in [0.5, 0.6) is 0 Å². The van der Waals surface area contributed by atoms with E-state index in [0.717, 1.165) is 10.3 Å². The molecule has 1 aromatic carbocycles. The van der Waals surface area contributed by atoms with Crippen LogP contribution in [-0.4, -0.2) is 30.7 Å². The maximum absolute atomic E-state index is 13.4. The van der Waals surface area contributed by atoms with E-state index < -0.39 is 16.5 Å². The summed E-state index contributed by atoms with van der Waals surface area (Å²) in [5.41, 5.74) is 2.10. The molecule has 0 fully saturated rings. The Kier molecular flexibility index (Phi) is 5.24. The zero-order chi connectivity index (χ0) is 23.4. The highest BCUT2D eigenvalue weighted by Gasteiger charge is 2.37. The van der Waals surface area contributed by atoms with Crippen molar-refractivity contribution in [1.82, 2.24) is 13.7 Å². The Bertz CT molecular complexity index is 1570. The quantitative estimate of drug-likeness (QED) is 0.481. The molecule has 3 aromatic heterocycles. The third kappa shape index (κ3) is 3.25. The molecule has 1 aliphatic rings. The van der Waals surface area contributed by atoms with Gasteiger partial charge in [-0.15, -0.1) is 11.8 Å². The molecule has 0 bridgehead atoms. The van der Waals surface area contributed by atoms with E-state index in [2.05, 4.69) is 6.07 Å². The highest BCUT2D eigenvalue weighted by Crippen LogP contribution is 2.49. The van der Waals surface area contributed by atoms with Gasteiger partial charge in [-0.25, -0.2) is 4.79 Å². The summed E-state index contributed by atoms with van der Waals surface area (Å²) >= 11 is 7.56. The molecule has 8 nitrogen and oxygen atoms in total. The van der Waals surface area contributed by atoms with Crippen molar-refractivity contribution in [2.75, 3.05) is 6.61 Å². The second-order valence-corrected chi connectivity index (χ2v) is 9.71. The van der Waals surface area contributed by atoms with E-state index in [-0.39, 0.29) is 17.1 Å². The summed E-state index contributed by atoms with van der Waals surface area (Å²) in [5.74, 6) is 0.564. The van der Waals surface area contributed by atoms with Crippen LogP contribution in [-0.2, 0) is 20.6 Å². The van der Waals surface area contributed by atoms with Gasteiger partial charge in [0.05, 0.1) is 40.5 Å². The molecule has 4 aromatic rings. The van der Waals surface area contributed by atoms with Crippen LogP contribution in [0.2, 0.25) is 5.22 Å². The smallest absolute Gasteiger partial charge is 0.331 e. The maximum atomic E-state index is 13.4. The molecule has 4 heterocycles. The van der Waals surface area contributed by atoms with Gasteiger partial charge in [0, 0.05) is 31.5 Å². The summed E-state index contributed by atoms with van der Waals surface area (Å²) in [6.07, 6.45) is 0. The molecule has 0 spiro atoms. The molecular weight excluding hydrogens is 464 g/mol. The van der Waals surface area contributed by atoms with Gasteiger partial charge in [-0.1, -0.05) is 12.1 Å². The van der Waals surface area contributed by atoms with E-state index in [1.807, 2.05) is 10.6 Å². The van der Waals surface area contributed by atoms with Crippen molar-refractivity contribution in [3.05, 3.63) is 79.5 Å². The number of aromatic nitrogens is 3. The van der Waals surface area contributed by atoms with Gasteiger partial charge in [0.15, 0.2) is 5.22 Å². The minimum Gasteiger partial charge on any atom is -0.448 e. The number of hydrogen-bond acceptors (Lipinski definition) is 6. The molecule has 1 N–H and O–H groups in total. The van der Waals surface area contributed by atoms with Gasteiger partial charge in [-0.05, 0) is 35.9 Å². The van der Waals surface area contributed by atoms with Crippen molar-refractivity contribution >= 4 is 34.3 Å². The van der Waals surface area contributed by atoms with Gasteiger partial charge in [0.25, 0.3) is 5.56 Å². The Labute approximate surface area is 197 Å². The molecule has 0 amide bonds. The van der Waals surface area contributed by atoms with Crippen molar-refractivity contribution in [3.8, 4) is 17.3 Å². The van der Waals surface area contributed by atoms with E-state index in [1.54, 1.807) is 37.4 Å². The third-order valence-electron chi connectivity index (χ3n) is 5.99. The first-order valence-corrected chi connectivity index (χ1v) is 11.5. The summed E-state index contributed by atoms with van der Waals surface area (Å²) < 4.78 is 10.3. The van der Waals surface area contributed by atoms with Crippen molar-refractivity contribution in [3.63, 3.8) is 0 Å². The normalized spacial score (nSPS) is 17.8. The molecule has 2 unspecified atom stereocenters. The summed E-state index contributed by atoms with van der Waals surface area (Å²) in [4.78, 5) is 26.3. The molecule has 10 heteroatoms. The van der Waals surface area contributed by atoms with E-state index in [1.165, 1.54) is 23.4 Å². The Morgan fingerprint density at radius 1 is 1.24 bits per heavy atom. The SMILES string of the molecule is Cn1c(=O)c2c(-c3cccc(C#N)c3)n3c(c2n(C)c1=O)C(c1ccc(Cl)o1)SC(CO)C3. The van der Waals surface area contributed by atoms with E-state index in [9.17, 15) is 20.0 Å². The molecular formula is C23H19ClN4O4S. The van der Waals surface area contributed by atoms with Crippen LogP contribution in [0.4, 0.5) is 0 Å². The fraction of sp³-hybridized carbons (Fsp3) is 0.261. The summed E-state index contributed by atoms with van der Waals surface area (Å²) in [6.45, 7) is 0.331. The number of aliphatic hydroxyl groups excluding tert-OH is 1. The second-order valence-electron chi connectivity index (χ2n) is 7.93. The lowest BCUT2D eigenvalue weighted by molar-refractivity contribution is 0.283. The van der Waals surface area contributed by atoms with Crippen molar-refractivity contribution in [2.45, 2.75) is 17.0 Å². The lowest BCUT2D eigenvalue weighted by Crippen LogP contribution is -2.37. The number of nitrogens with zero attached hydrogens (tertiary/aromatic N) is 4. The molecule has 0 aliphatic carbocycles. The first-order valence-electron chi connectivity index (χ1n) is 10.2. The molecule has 2 atom stereocenters. The third-order valence-corrected chi connectivity index (χ3v) is 7.60. The van der Waals surface area contributed by atoms with Gasteiger partial charge >= 0.3 is 5.69 Å². The maximum Gasteiger partial charge on any atom is 0.331 e. The summed E-state index contributed by atoms with van der Waals surface area (Å²) in [6, 6.07) is 12.6. The molecule has 1 aliphatic heterocycles. The van der Waals surface area contributed by atoms with Crippen LogP contribution >= 0.6 is 23.4 Å². The van der Waals surface area contributed by atoms with Crippen molar-refractivity contribution < 1.29 is 9.52 Å². The number of hydrogen-bond donors (Lipinski definition) is 1. The van der Waals surface area contributed by atoms with Crippen LogP contribution in [0.15, 0.2) is 50.4 Å². The Morgan fingerprint density at radius 3 is 2.70 bits per heavy atom. The van der Waals surface area contributed by atoms with Crippen LogP contribution < -0.4 is 11.2 Å². The standard InChI is InChI=1S/C23H19ClN4O4S/c1-26-19-17(22(30)27(2)23(26)31)18(13-5-3-4-12(8-13)9-25)28-10-14(11-29)33-21(20(19)28)15-6-7-16(24)32-15/h3-8,14,21,29H,10-11H2,1-2H3. The molecule has 0 saturated heterocycles. The van der Waals surface area contributed by atoms with Crippen LogP contribution in [0.25, 0.3) is 22.2 Å². The first-order chi connectivity index (χ1) is 15.8. The Morgan fingerprint density at radius 2 is 2.03 bits per heavy atom. The second kappa shape index (κ2) is 7.99. The zero-order valence-electron chi connectivity index (χ0n) is 17.8. The van der Waals surface area contributed by atoms with Crippen LogP contribution in [0.1, 0.15) is 22.3 Å². The highest BCUT2D eigenvalue weighted by molar-refractivity contribution is 8.00. The summed E-state index contributed by atoms with van der Waals surface area (Å²) in [7, 11) is 3.08. The predicted molar refractivity (Wildman–Crippen MR) is 127 cm³/mol. The number of nitriles is 1. The Hall–Kier alpha value is -3.19. The number of aryl methyl sites for hydroxylation is 1. The van der Waals surface area contributed by atoms with E-state index >= 15 is 0 Å². The topological polar surface area (TPSA) is 106 Å². The van der Waals surface area contributed by atoms with E-state index in [4.69, 9.17) is 16.0 Å².